The minimum atomic E-state index is -0.163. The molecule has 0 saturated heterocycles. The summed E-state index contributed by atoms with van der Waals surface area (Å²) in [5, 5.41) is 0. The lowest BCUT2D eigenvalue weighted by atomic mass is 9.45. The van der Waals surface area contributed by atoms with Crippen molar-refractivity contribution in [1.29, 1.82) is 0 Å². The molecular weight excluding hydrogens is 340 g/mol. The van der Waals surface area contributed by atoms with Crippen molar-refractivity contribution >= 4 is 5.71 Å². The number of hydrogen-bond acceptors (Lipinski definition) is 0. The molecule has 2 nitrogen and oxygen atoms in total. The van der Waals surface area contributed by atoms with Crippen molar-refractivity contribution in [2.45, 2.75) is 101 Å². The summed E-state index contributed by atoms with van der Waals surface area (Å²) in [5.41, 5.74) is 15.1. The largest absolute Gasteiger partial charge is 0.362 e. The van der Waals surface area contributed by atoms with E-state index in [0.29, 0.717) is 0 Å². The van der Waals surface area contributed by atoms with Crippen LogP contribution in [0.1, 0.15) is 101 Å². The summed E-state index contributed by atoms with van der Waals surface area (Å²) in [4.78, 5) is 4.28. The van der Waals surface area contributed by atoms with Crippen LogP contribution in [0.3, 0.4) is 0 Å². The Morgan fingerprint density at radius 1 is 0.750 bits per heavy atom. The van der Waals surface area contributed by atoms with Gasteiger partial charge in [-0.1, -0.05) is 62.3 Å². The van der Waals surface area contributed by atoms with Crippen molar-refractivity contribution in [2.24, 2.45) is 44.8 Å². The topological polar surface area (TPSA) is 36.4 Å². The summed E-state index contributed by atoms with van der Waals surface area (Å²) in [5.74, 6) is 2.57. The van der Waals surface area contributed by atoms with Gasteiger partial charge in [0.1, 0.15) is 5.41 Å². The molecule has 4 fully saturated rings. The maximum atomic E-state index is 10.7. The predicted octanol–water partition coefficient (Wildman–Crippen LogP) is 7.31. The van der Waals surface area contributed by atoms with Crippen molar-refractivity contribution in [1.82, 2.24) is 0 Å². The molecule has 0 aromatic rings. The second-order valence-corrected chi connectivity index (χ2v) is 13.9. The number of nitrogens with zero attached hydrogens (tertiary/aromatic N) is 2. The average molecular weight is 383 g/mol. The predicted molar refractivity (Wildman–Crippen MR) is 117 cm³/mol. The molecule has 0 unspecified atom stereocenters. The van der Waals surface area contributed by atoms with E-state index in [4.69, 9.17) is 0 Å². The molecule has 5 aliphatic rings. The van der Waals surface area contributed by atoms with Gasteiger partial charge >= 0.3 is 0 Å². The van der Waals surface area contributed by atoms with Crippen LogP contribution in [0.25, 0.3) is 5.53 Å². The summed E-state index contributed by atoms with van der Waals surface area (Å²) in [6.07, 6.45) is 8.03. The maximum absolute atomic E-state index is 10.7. The summed E-state index contributed by atoms with van der Waals surface area (Å²) in [7, 11) is 0. The molecule has 5 rings (SSSR count). The minimum absolute atomic E-state index is 0.0170. The molecule has 4 bridgehead atoms. The molecule has 2 heteroatoms. The highest BCUT2D eigenvalue weighted by Crippen LogP contribution is 2.76. The molecule has 0 heterocycles. The smallest absolute Gasteiger partial charge is 0.289 e. The zero-order chi connectivity index (χ0) is 20.9. The molecule has 0 amide bonds. The van der Waals surface area contributed by atoms with E-state index in [1.807, 2.05) is 0 Å². The van der Waals surface area contributed by atoms with E-state index in [9.17, 15) is 5.53 Å². The Bertz CT molecular complexity index is 709. The lowest BCUT2D eigenvalue weighted by Gasteiger charge is -2.56. The zero-order valence-corrected chi connectivity index (χ0v) is 19.9. The van der Waals surface area contributed by atoms with Crippen LogP contribution in [0.15, 0.2) is 11.1 Å². The van der Waals surface area contributed by atoms with Crippen molar-refractivity contribution in [3.05, 3.63) is 16.7 Å². The van der Waals surface area contributed by atoms with E-state index in [1.54, 1.807) is 11.1 Å². The van der Waals surface area contributed by atoms with E-state index in [2.05, 4.69) is 67.1 Å². The molecular formula is C26H42N2. The van der Waals surface area contributed by atoms with Crippen molar-refractivity contribution in [2.75, 3.05) is 0 Å². The van der Waals surface area contributed by atoms with Gasteiger partial charge in [-0.15, -0.1) is 0 Å². The first-order chi connectivity index (χ1) is 12.7. The van der Waals surface area contributed by atoms with Crippen LogP contribution >= 0.6 is 0 Å². The fourth-order valence-electron chi connectivity index (χ4n) is 8.48. The molecule has 4 saturated carbocycles. The van der Waals surface area contributed by atoms with E-state index in [0.717, 1.165) is 23.5 Å². The fraction of sp³-hybridized carbons (Fsp3) is 0.885. The highest BCUT2D eigenvalue weighted by Gasteiger charge is 2.76. The third kappa shape index (κ3) is 2.59. The molecule has 28 heavy (non-hydrogen) atoms. The maximum Gasteiger partial charge on any atom is 0.289 e. The Labute approximate surface area is 173 Å². The molecule has 5 aliphatic carbocycles. The van der Waals surface area contributed by atoms with Crippen LogP contribution in [0.4, 0.5) is 0 Å². The SMILES string of the molecule is CC(C)(C)C1=C(C(C)(C)C)C1(C(=[N+]=[N-])C12CC3CC(CC(C3)C1)C2)C(C)(C)C. The van der Waals surface area contributed by atoms with Crippen LogP contribution in [0.5, 0.6) is 0 Å². The second-order valence-electron chi connectivity index (χ2n) is 13.9. The molecule has 0 atom stereocenters. The van der Waals surface area contributed by atoms with Crippen LogP contribution in [0, 0.1) is 44.8 Å². The highest BCUT2D eigenvalue weighted by atomic mass is 14.9. The molecule has 0 radical (unpaired) electrons. The van der Waals surface area contributed by atoms with Gasteiger partial charge in [0.25, 0.3) is 5.71 Å². The third-order valence-corrected chi connectivity index (χ3v) is 8.56. The van der Waals surface area contributed by atoms with Crippen molar-refractivity contribution in [3.63, 3.8) is 0 Å². The Balaban J connectivity index is 1.89. The highest BCUT2D eigenvalue weighted by molar-refractivity contribution is 6.03. The van der Waals surface area contributed by atoms with E-state index in [-0.39, 0.29) is 27.1 Å². The van der Waals surface area contributed by atoms with Gasteiger partial charge in [0, 0.05) is 0 Å². The lowest BCUT2D eigenvalue weighted by Crippen LogP contribution is -2.56. The number of allylic oxidation sites excluding steroid dienone is 2. The molecule has 0 aromatic carbocycles. The Kier molecular flexibility index (Phi) is 4.10. The van der Waals surface area contributed by atoms with E-state index in [1.165, 1.54) is 38.5 Å². The van der Waals surface area contributed by atoms with Gasteiger partial charge in [0.05, 0.1) is 5.41 Å². The van der Waals surface area contributed by atoms with Gasteiger partial charge in [0.15, 0.2) is 0 Å². The summed E-state index contributed by atoms with van der Waals surface area (Å²) in [6, 6.07) is 0. The molecule has 0 spiro atoms. The number of rotatable bonds is 2. The first kappa shape index (κ1) is 20.4. The standard InChI is InChI=1S/C26H42N2/c1-22(2,3)19-20(23(4,5)6)26(19,24(7,8)9)21(28-27)25-13-16-10-17(14-25)12-18(11-16)15-25/h16-18H,10-15H2,1-9H3. The fourth-order valence-corrected chi connectivity index (χ4v) is 8.48. The monoisotopic (exact) mass is 382 g/mol. The van der Waals surface area contributed by atoms with Gasteiger partial charge in [-0.25, -0.2) is 0 Å². The average Bonchev–Trinajstić information content (AvgIpc) is 3.17. The van der Waals surface area contributed by atoms with Gasteiger partial charge in [-0.3, -0.25) is 0 Å². The summed E-state index contributed by atoms with van der Waals surface area (Å²) < 4.78 is 0. The Morgan fingerprint density at radius 2 is 1.11 bits per heavy atom. The molecule has 0 N–H and O–H groups in total. The van der Waals surface area contributed by atoms with Crippen molar-refractivity contribution < 1.29 is 4.79 Å². The Morgan fingerprint density at radius 3 is 1.36 bits per heavy atom. The summed E-state index contributed by atoms with van der Waals surface area (Å²) >= 11 is 0. The van der Waals surface area contributed by atoms with Gasteiger partial charge < -0.3 is 5.53 Å². The Hall–Kier alpha value is -0.880. The first-order valence-corrected chi connectivity index (χ1v) is 11.7. The van der Waals surface area contributed by atoms with Gasteiger partial charge in [0.2, 0.25) is 0 Å². The summed E-state index contributed by atoms with van der Waals surface area (Å²) in [6.45, 7) is 21.3. The van der Waals surface area contributed by atoms with Gasteiger partial charge in [-0.05, 0) is 83.7 Å². The van der Waals surface area contributed by atoms with E-state index >= 15 is 0 Å². The first-order valence-electron chi connectivity index (χ1n) is 11.7. The quantitative estimate of drug-likeness (QED) is 0.208. The normalized spacial score (nSPS) is 36.5. The van der Waals surface area contributed by atoms with Gasteiger partial charge in [-0.2, -0.15) is 4.79 Å². The lowest BCUT2D eigenvalue weighted by molar-refractivity contribution is -0.0808. The second kappa shape index (κ2) is 5.63. The van der Waals surface area contributed by atoms with Crippen LogP contribution < -0.4 is 0 Å². The molecule has 0 aromatic heterocycles. The van der Waals surface area contributed by atoms with E-state index < -0.39 is 0 Å². The molecule has 0 aliphatic heterocycles. The van der Waals surface area contributed by atoms with Crippen molar-refractivity contribution in [3.8, 4) is 0 Å². The molecule has 156 valence electrons. The van der Waals surface area contributed by atoms with Crippen LogP contribution in [-0.2, 0) is 0 Å². The van der Waals surface area contributed by atoms with Crippen LogP contribution in [-0.4, -0.2) is 10.5 Å². The number of hydrogen-bond donors (Lipinski definition) is 0. The minimum Gasteiger partial charge on any atom is -0.362 e. The third-order valence-electron chi connectivity index (χ3n) is 8.56. The van der Waals surface area contributed by atoms with Crippen LogP contribution in [0.2, 0.25) is 0 Å². The zero-order valence-electron chi connectivity index (χ0n) is 19.9.